The van der Waals surface area contributed by atoms with Crippen LogP contribution in [0.1, 0.15) is 34.7 Å². The van der Waals surface area contributed by atoms with Crippen molar-refractivity contribution in [2.45, 2.75) is 19.2 Å². The number of ether oxygens (including phenoxy) is 2. The van der Waals surface area contributed by atoms with Gasteiger partial charge in [-0.05, 0) is 43.3 Å². The number of hydrogen-bond donors (Lipinski definition) is 1. The molecule has 1 amide bonds. The van der Waals surface area contributed by atoms with E-state index in [9.17, 15) is 23.1 Å². The summed E-state index contributed by atoms with van der Waals surface area (Å²) in [5, 5.41) is 14.3. The van der Waals surface area contributed by atoms with Crippen LogP contribution < -0.4 is 14.4 Å². The number of piperazine rings is 1. The Balaban J connectivity index is 1.58. The largest absolute Gasteiger partial charge is 0.493 e. The van der Waals surface area contributed by atoms with Gasteiger partial charge < -0.3 is 28.9 Å². The predicted molar refractivity (Wildman–Crippen MR) is 125 cm³/mol. The van der Waals surface area contributed by atoms with Crippen LogP contribution in [0.2, 0.25) is 0 Å². The first kappa shape index (κ1) is 25.4. The number of aliphatic hydroxyl groups excluding tert-OH is 1. The second-order valence-electron chi connectivity index (χ2n) is 8.34. The average Bonchev–Trinajstić information content (AvgIpc) is 3.33. The molecule has 1 unspecified atom stereocenters. The van der Waals surface area contributed by atoms with Crippen molar-refractivity contribution in [3.05, 3.63) is 59.4 Å². The molecule has 1 aliphatic rings. The highest BCUT2D eigenvalue weighted by Gasteiger charge is 2.33. The third kappa shape index (κ3) is 4.97. The first-order valence-corrected chi connectivity index (χ1v) is 11.3. The molecule has 1 N–H and O–H groups in total. The van der Waals surface area contributed by atoms with Crippen LogP contribution in [0, 0.1) is 0 Å². The highest BCUT2D eigenvalue weighted by molar-refractivity contribution is 6.01. The number of methoxy groups -OCH3 is 2. The van der Waals surface area contributed by atoms with E-state index in [0.717, 1.165) is 12.1 Å². The summed E-state index contributed by atoms with van der Waals surface area (Å²) in [6.07, 6.45) is -5.52. The van der Waals surface area contributed by atoms with Crippen LogP contribution >= 0.6 is 0 Å². The first-order valence-electron chi connectivity index (χ1n) is 11.3. The summed E-state index contributed by atoms with van der Waals surface area (Å²) in [6, 6.07) is 10.2. The van der Waals surface area contributed by atoms with E-state index in [1.807, 2.05) is 0 Å². The Labute approximate surface area is 205 Å². The number of hydrogen-bond acceptors (Lipinski definition) is 7. The molecule has 1 atom stereocenters. The fraction of sp³-hybridized carbons (Fsp3) is 0.360. The molecule has 2 heterocycles. The average molecular weight is 505 g/mol. The SMILES string of the molecule is COc1ccc(-c2noc(C(C)O)c2C(=O)N2CCN(c3cccc(C(F)(F)F)c3)CC2)cc1OC. The van der Waals surface area contributed by atoms with Gasteiger partial charge in [-0.2, -0.15) is 13.2 Å². The maximum Gasteiger partial charge on any atom is 0.416 e. The number of anilines is 1. The number of alkyl halides is 3. The van der Waals surface area contributed by atoms with Crippen LogP contribution in [0.25, 0.3) is 11.3 Å². The van der Waals surface area contributed by atoms with Gasteiger partial charge in [0.2, 0.25) is 0 Å². The third-order valence-electron chi connectivity index (χ3n) is 6.07. The molecule has 11 heteroatoms. The molecule has 1 aliphatic heterocycles. The van der Waals surface area contributed by atoms with Crippen molar-refractivity contribution in [1.29, 1.82) is 0 Å². The summed E-state index contributed by atoms with van der Waals surface area (Å²) < 4.78 is 55.3. The lowest BCUT2D eigenvalue weighted by Crippen LogP contribution is -2.49. The molecule has 3 aromatic rings. The van der Waals surface area contributed by atoms with Crippen molar-refractivity contribution >= 4 is 11.6 Å². The van der Waals surface area contributed by atoms with E-state index < -0.39 is 17.8 Å². The molecule has 2 aromatic carbocycles. The van der Waals surface area contributed by atoms with Gasteiger partial charge in [-0.25, -0.2) is 0 Å². The van der Waals surface area contributed by atoms with Gasteiger partial charge in [0.25, 0.3) is 5.91 Å². The van der Waals surface area contributed by atoms with Gasteiger partial charge in [-0.1, -0.05) is 11.2 Å². The molecule has 1 fully saturated rings. The predicted octanol–water partition coefficient (Wildman–Crippen LogP) is 4.39. The Morgan fingerprint density at radius 1 is 1.06 bits per heavy atom. The number of aromatic nitrogens is 1. The quantitative estimate of drug-likeness (QED) is 0.532. The molecule has 0 radical (unpaired) electrons. The Kier molecular flexibility index (Phi) is 7.11. The number of carbonyl (C=O) groups excluding carboxylic acids is 1. The number of rotatable bonds is 6. The van der Waals surface area contributed by atoms with E-state index in [0.29, 0.717) is 35.8 Å². The van der Waals surface area contributed by atoms with E-state index in [1.54, 1.807) is 34.1 Å². The summed E-state index contributed by atoms with van der Waals surface area (Å²) in [6.45, 7) is 2.69. The lowest BCUT2D eigenvalue weighted by molar-refractivity contribution is -0.137. The molecule has 192 valence electrons. The number of carbonyl (C=O) groups is 1. The summed E-state index contributed by atoms with van der Waals surface area (Å²) in [4.78, 5) is 17.0. The molecule has 8 nitrogen and oxygen atoms in total. The fourth-order valence-corrected chi connectivity index (χ4v) is 4.18. The summed E-state index contributed by atoms with van der Waals surface area (Å²) in [5.41, 5.74) is 0.637. The van der Waals surface area contributed by atoms with E-state index in [1.165, 1.54) is 27.2 Å². The van der Waals surface area contributed by atoms with Gasteiger partial charge in [-0.15, -0.1) is 0 Å². The van der Waals surface area contributed by atoms with Crippen molar-refractivity contribution in [2.24, 2.45) is 0 Å². The van der Waals surface area contributed by atoms with Gasteiger partial charge in [0.05, 0.1) is 19.8 Å². The van der Waals surface area contributed by atoms with Gasteiger partial charge in [-0.3, -0.25) is 4.79 Å². The molecule has 0 aliphatic carbocycles. The number of benzene rings is 2. The highest BCUT2D eigenvalue weighted by Crippen LogP contribution is 2.36. The molecule has 0 saturated carbocycles. The number of aliphatic hydroxyl groups is 1. The van der Waals surface area contributed by atoms with Crippen molar-refractivity contribution in [2.75, 3.05) is 45.3 Å². The van der Waals surface area contributed by atoms with Crippen molar-refractivity contribution in [1.82, 2.24) is 10.1 Å². The highest BCUT2D eigenvalue weighted by atomic mass is 19.4. The standard InChI is InChI=1S/C25H26F3N3O5/c1-15(32)23-21(22(29-36-23)16-7-8-19(34-2)20(13-16)35-3)24(33)31-11-9-30(10-12-31)18-6-4-5-17(14-18)25(26,27)28/h4-8,13-15,32H,9-12H2,1-3H3. The zero-order chi connectivity index (χ0) is 26.0. The zero-order valence-corrected chi connectivity index (χ0v) is 20.0. The maximum absolute atomic E-state index is 13.6. The van der Waals surface area contributed by atoms with Crippen LogP contribution in [0.3, 0.4) is 0 Å². The van der Waals surface area contributed by atoms with Crippen molar-refractivity contribution < 1.29 is 37.1 Å². The first-order chi connectivity index (χ1) is 17.1. The molecule has 1 aromatic heterocycles. The molecular weight excluding hydrogens is 479 g/mol. The Morgan fingerprint density at radius 3 is 2.36 bits per heavy atom. The van der Waals surface area contributed by atoms with E-state index in [4.69, 9.17) is 14.0 Å². The lowest BCUT2D eigenvalue weighted by Gasteiger charge is -2.36. The molecule has 36 heavy (non-hydrogen) atoms. The fourth-order valence-electron chi connectivity index (χ4n) is 4.18. The molecule has 1 saturated heterocycles. The summed E-state index contributed by atoms with van der Waals surface area (Å²) in [7, 11) is 2.99. The number of halogens is 3. The van der Waals surface area contributed by atoms with Gasteiger partial charge in [0.15, 0.2) is 17.3 Å². The van der Waals surface area contributed by atoms with Gasteiger partial charge in [0, 0.05) is 37.4 Å². The van der Waals surface area contributed by atoms with Gasteiger partial charge in [0.1, 0.15) is 17.4 Å². The van der Waals surface area contributed by atoms with Crippen LogP contribution in [0.15, 0.2) is 47.0 Å². The minimum atomic E-state index is -4.43. The third-order valence-corrected chi connectivity index (χ3v) is 6.07. The second kappa shape index (κ2) is 10.1. The van der Waals surface area contributed by atoms with Crippen molar-refractivity contribution in [3.63, 3.8) is 0 Å². The molecular formula is C25H26F3N3O5. The Bertz CT molecular complexity index is 1230. The van der Waals surface area contributed by atoms with Crippen LogP contribution in [0.5, 0.6) is 11.5 Å². The molecule has 4 rings (SSSR count). The minimum Gasteiger partial charge on any atom is -0.493 e. The molecule has 0 bridgehead atoms. The van der Waals surface area contributed by atoms with Crippen molar-refractivity contribution in [3.8, 4) is 22.8 Å². The smallest absolute Gasteiger partial charge is 0.416 e. The van der Waals surface area contributed by atoms with Crippen LogP contribution in [-0.4, -0.2) is 61.5 Å². The van der Waals surface area contributed by atoms with E-state index in [-0.39, 0.29) is 36.0 Å². The summed E-state index contributed by atoms with van der Waals surface area (Å²) in [5.74, 6) is 0.578. The van der Waals surface area contributed by atoms with E-state index >= 15 is 0 Å². The topological polar surface area (TPSA) is 88.3 Å². The number of nitrogens with zero attached hydrogens (tertiary/aromatic N) is 3. The lowest BCUT2D eigenvalue weighted by atomic mass is 10.0. The second-order valence-corrected chi connectivity index (χ2v) is 8.34. The normalized spacial score (nSPS) is 15.1. The minimum absolute atomic E-state index is 0.0325. The van der Waals surface area contributed by atoms with Gasteiger partial charge >= 0.3 is 6.18 Å². The van der Waals surface area contributed by atoms with Crippen LogP contribution in [0.4, 0.5) is 18.9 Å². The van der Waals surface area contributed by atoms with E-state index in [2.05, 4.69) is 5.16 Å². The maximum atomic E-state index is 13.6. The number of amides is 1. The summed E-state index contributed by atoms with van der Waals surface area (Å²) >= 11 is 0. The Morgan fingerprint density at radius 2 is 1.75 bits per heavy atom. The molecule has 0 spiro atoms. The Hall–Kier alpha value is -3.73. The zero-order valence-electron chi connectivity index (χ0n) is 20.0. The van der Waals surface area contributed by atoms with Crippen LogP contribution in [-0.2, 0) is 6.18 Å². The monoisotopic (exact) mass is 505 g/mol.